The molecular formula is C12H10O3PSm+. The number of hydrogen-bond acceptors (Lipinski definition) is 3. The van der Waals surface area contributed by atoms with E-state index in [-0.39, 0.29) is 40.4 Å². The zero-order chi connectivity index (χ0) is 11.2. The fraction of sp³-hybridized carbons (Fsp3) is 0. The van der Waals surface area contributed by atoms with Gasteiger partial charge in [0, 0.05) is 45.0 Å². The Kier molecular flexibility index (Phi) is 6.62. The van der Waals surface area contributed by atoms with Crippen molar-refractivity contribution < 1.29 is 54.0 Å². The van der Waals surface area contributed by atoms with E-state index in [1.165, 1.54) is 0 Å². The molecule has 0 bridgehead atoms. The van der Waals surface area contributed by atoms with E-state index in [0.717, 1.165) is 0 Å². The summed E-state index contributed by atoms with van der Waals surface area (Å²) in [5, 5.41) is 0. The number of rotatable bonds is 4. The Morgan fingerprint density at radius 1 is 0.706 bits per heavy atom. The predicted molar refractivity (Wildman–Crippen MR) is 61.7 cm³/mol. The van der Waals surface area contributed by atoms with Crippen molar-refractivity contribution in [3.8, 4) is 11.5 Å². The molecule has 86 valence electrons. The molecule has 0 aromatic heterocycles. The van der Waals surface area contributed by atoms with Crippen molar-refractivity contribution in [2.45, 2.75) is 0 Å². The van der Waals surface area contributed by atoms with Crippen LogP contribution >= 0.6 is 8.25 Å². The Morgan fingerprint density at radius 2 is 1.06 bits per heavy atom. The minimum absolute atomic E-state index is 0. The van der Waals surface area contributed by atoms with Gasteiger partial charge < -0.3 is 0 Å². The molecule has 0 unspecified atom stereocenters. The fourth-order valence-corrected chi connectivity index (χ4v) is 1.78. The van der Waals surface area contributed by atoms with Gasteiger partial charge in [0.15, 0.2) is 11.5 Å². The Balaban J connectivity index is 0.00000144. The van der Waals surface area contributed by atoms with Gasteiger partial charge in [-0.15, -0.1) is 0 Å². The number of hydrogen-bond donors (Lipinski definition) is 0. The summed E-state index contributed by atoms with van der Waals surface area (Å²) in [5.74, 6) is 1.05. The molecule has 2 rings (SSSR count). The smallest absolute Gasteiger partial charge is 0.222 e. The van der Waals surface area contributed by atoms with Crippen LogP contribution in [-0.4, -0.2) is 0 Å². The van der Waals surface area contributed by atoms with Gasteiger partial charge in [-0.2, -0.15) is 0 Å². The van der Waals surface area contributed by atoms with Crippen LogP contribution in [0.2, 0.25) is 0 Å². The van der Waals surface area contributed by atoms with Gasteiger partial charge in [0.05, 0.1) is 0 Å². The third-order valence-electron chi connectivity index (χ3n) is 1.85. The summed E-state index contributed by atoms with van der Waals surface area (Å²) >= 11 is 0. The quantitative estimate of drug-likeness (QED) is 0.754. The molecule has 2 aromatic carbocycles. The van der Waals surface area contributed by atoms with Gasteiger partial charge in [0.2, 0.25) is 0 Å². The normalized spacial score (nSPS) is 8.94. The van der Waals surface area contributed by atoms with Crippen molar-refractivity contribution in [2.75, 3.05) is 0 Å². The maximum atomic E-state index is 11.5. The summed E-state index contributed by atoms with van der Waals surface area (Å²) in [6.45, 7) is 0. The predicted octanol–water partition coefficient (Wildman–Crippen LogP) is 3.80. The first-order valence-electron chi connectivity index (χ1n) is 4.78. The van der Waals surface area contributed by atoms with Gasteiger partial charge in [0.25, 0.3) is 0 Å². The Labute approximate surface area is 133 Å². The zero-order valence-electron chi connectivity index (χ0n) is 8.85. The maximum absolute atomic E-state index is 11.5. The maximum Gasteiger partial charge on any atom is 0.805 e. The summed E-state index contributed by atoms with van der Waals surface area (Å²) in [7, 11) is -2.18. The van der Waals surface area contributed by atoms with E-state index < -0.39 is 8.25 Å². The van der Waals surface area contributed by atoms with Crippen molar-refractivity contribution in [1.29, 1.82) is 0 Å². The average molecular weight is 384 g/mol. The third kappa shape index (κ3) is 5.10. The van der Waals surface area contributed by atoms with Crippen molar-refractivity contribution in [3.63, 3.8) is 0 Å². The van der Waals surface area contributed by atoms with Crippen LogP contribution in [0.3, 0.4) is 0 Å². The fourth-order valence-electron chi connectivity index (χ4n) is 1.15. The first-order valence-corrected chi connectivity index (χ1v) is 5.87. The largest absolute Gasteiger partial charge is 0.805 e. The van der Waals surface area contributed by atoms with Crippen LogP contribution in [0.1, 0.15) is 0 Å². The Morgan fingerprint density at radius 3 is 1.41 bits per heavy atom. The third-order valence-corrected chi connectivity index (χ3v) is 2.57. The van der Waals surface area contributed by atoms with E-state index >= 15 is 0 Å². The van der Waals surface area contributed by atoms with Crippen molar-refractivity contribution in [1.82, 2.24) is 0 Å². The van der Waals surface area contributed by atoms with Crippen LogP contribution in [0.4, 0.5) is 0 Å². The molecule has 0 fully saturated rings. The van der Waals surface area contributed by atoms with Gasteiger partial charge >= 0.3 is 8.25 Å². The second kappa shape index (κ2) is 7.74. The van der Waals surface area contributed by atoms with E-state index in [4.69, 9.17) is 9.05 Å². The number of benzene rings is 2. The summed E-state index contributed by atoms with van der Waals surface area (Å²) in [6, 6.07) is 17.8. The molecular weight excluding hydrogens is 373 g/mol. The average Bonchev–Trinajstić information content (AvgIpc) is 2.31. The molecule has 17 heavy (non-hydrogen) atoms. The van der Waals surface area contributed by atoms with E-state index in [1.807, 2.05) is 12.1 Å². The molecule has 5 heteroatoms. The van der Waals surface area contributed by atoms with Crippen molar-refractivity contribution in [3.05, 3.63) is 60.7 Å². The standard InChI is InChI=1S/C12H10O3P.Sm/c13-16(14-11-7-3-1-4-8-11)15-12-9-5-2-6-10-12;/h1-10H;/q+1;. The van der Waals surface area contributed by atoms with Gasteiger partial charge in [-0.3, -0.25) is 0 Å². The molecule has 0 saturated heterocycles. The van der Waals surface area contributed by atoms with Gasteiger partial charge in [0.1, 0.15) is 0 Å². The van der Waals surface area contributed by atoms with Gasteiger partial charge in [-0.25, -0.2) is 9.05 Å². The van der Waals surface area contributed by atoms with Crippen LogP contribution < -0.4 is 9.05 Å². The van der Waals surface area contributed by atoms with Crippen LogP contribution in [-0.2, 0) is 4.57 Å². The molecule has 0 N–H and O–H groups in total. The second-order valence-corrected chi connectivity index (χ2v) is 3.84. The number of para-hydroxylation sites is 2. The van der Waals surface area contributed by atoms with Gasteiger partial charge in [-0.05, 0) is 24.3 Å². The molecule has 2 aromatic rings. The van der Waals surface area contributed by atoms with Crippen LogP contribution in [0.25, 0.3) is 0 Å². The van der Waals surface area contributed by atoms with E-state index in [1.54, 1.807) is 48.5 Å². The second-order valence-electron chi connectivity index (χ2n) is 3.03. The molecule has 0 aliphatic heterocycles. The SMILES string of the molecule is O=[P+](Oc1ccccc1)Oc1ccccc1.[Sm]. The minimum Gasteiger partial charge on any atom is -0.222 e. The van der Waals surface area contributed by atoms with Crippen LogP contribution in [0.15, 0.2) is 60.7 Å². The summed E-state index contributed by atoms with van der Waals surface area (Å²) in [5.41, 5.74) is 0. The van der Waals surface area contributed by atoms with Gasteiger partial charge in [-0.1, -0.05) is 36.4 Å². The van der Waals surface area contributed by atoms with Crippen molar-refractivity contribution >= 4 is 8.25 Å². The molecule has 0 heterocycles. The van der Waals surface area contributed by atoms with E-state index in [2.05, 4.69) is 0 Å². The Hall–Kier alpha value is -0.522. The molecule has 0 radical (unpaired) electrons. The molecule has 3 nitrogen and oxygen atoms in total. The summed E-state index contributed by atoms with van der Waals surface area (Å²) < 4.78 is 21.7. The molecule has 0 aliphatic rings. The Bertz CT molecular complexity index is 418. The van der Waals surface area contributed by atoms with Crippen molar-refractivity contribution in [2.24, 2.45) is 0 Å². The summed E-state index contributed by atoms with van der Waals surface area (Å²) in [6.07, 6.45) is 0. The molecule has 0 aliphatic carbocycles. The molecule has 0 saturated carbocycles. The van der Waals surface area contributed by atoms with E-state index in [0.29, 0.717) is 11.5 Å². The molecule has 0 spiro atoms. The monoisotopic (exact) mass is 385 g/mol. The van der Waals surface area contributed by atoms with E-state index in [9.17, 15) is 4.57 Å². The summed E-state index contributed by atoms with van der Waals surface area (Å²) in [4.78, 5) is 0. The minimum atomic E-state index is -2.18. The van der Waals surface area contributed by atoms with Crippen LogP contribution in [0.5, 0.6) is 11.5 Å². The molecule has 0 atom stereocenters. The first kappa shape index (κ1) is 14.5. The molecule has 0 amide bonds. The first-order chi connectivity index (χ1) is 7.84. The topological polar surface area (TPSA) is 35.5 Å². The zero-order valence-corrected chi connectivity index (χ0v) is 12.4. The van der Waals surface area contributed by atoms with Crippen LogP contribution in [0, 0.1) is 40.4 Å².